The molecule has 0 spiro atoms. The average Bonchev–Trinajstić information content (AvgIpc) is 2.37. The molecule has 4 N–H and O–H groups in total. The van der Waals surface area contributed by atoms with Crippen LogP contribution in [0.15, 0.2) is 35.2 Å². The smallest absolute Gasteiger partial charge is 0.262 e. The number of hydrogen-bond acceptors (Lipinski definition) is 4. The minimum atomic E-state index is -3.76. The van der Waals surface area contributed by atoms with Crippen LogP contribution in [0.1, 0.15) is 16.7 Å². The molecule has 0 saturated heterocycles. The molecule has 0 aliphatic rings. The second kappa shape index (κ2) is 5.29. The van der Waals surface area contributed by atoms with Gasteiger partial charge in [0.05, 0.1) is 10.6 Å². The Morgan fingerprint density at radius 2 is 1.71 bits per heavy atom. The lowest BCUT2D eigenvalue weighted by molar-refractivity contribution is 0.471. The highest BCUT2D eigenvalue weighted by molar-refractivity contribution is 7.92. The highest BCUT2D eigenvalue weighted by Crippen LogP contribution is 2.26. The van der Waals surface area contributed by atoms with E-state index in [9.17, 15) is 13.5 Å². The summed E-state index contributed by atoms with van der Waals surface area (Å²) in [5.41, 5.74) is 8.56. The van der Waals surface area contributed by atoms with E-state index in [-0.39, 0.29) is 10.6 Å². The number of phenols is 1. The van der Waals surface area contributed by atoms with Gasteiger partial charge >= 0.3 is 0 Å². The topological polar surface area (TPSA) is 92.4 Å². The van der Waals surface area contributed by atoms with E-state index in [1.807, 2.05) is 6.92 Å². The van der Waals surface area contributed by atoms with Crippen molar-refractivity contribution in [2.24, 2.45) is 0 Å². The third-order valence-corrected chi connectivity index (χ3v) is 4.90. The molecule has 2 aromatic rings. The van der Waals surface area contributed by atoms with Gasteiger partial charge in [-0.25, -0.2) is 8.42 Å². The zero-order valence-electron chi connectivity index (χ0n) is 12.1. The lowest BCUT2D eigenvalue weighted by atomic mass is 10.1. The third-order valence-electron chi connectivity index (χ3n) is 3.39. The van der Waals surface area contributed by atoms with Gasteiger partial charge in [0.1, 0.15) is 5.75 Å². The molecule has 0 aliphatic heterocycles. The standard InChI is InChI=1S/C15H18N2O3S/c1-9-4-5-13(8-14(9)18)17-21(19,20)15-7-12(16)6-10(2)11(15)3/h4-8,17-18H,16H2,1-3H3. The van der Waals surface area contributed by atoms with Gasteiger partial charge in [-0.1, -0.05) is 6.07 Å². The Hall–Kier alpha value is -2.21. The van der Waals surface area contributed by atoms with Crippen LogP contribution in [0.25, 0.3) is 0 Å². The molecular weight excluding hydrogens is 288 g/mol. The van der Waals surface area contributed by atoms with Crippen molar-refractivity contribution >= 4 is 21.4 Å². The lowest BCUT2D eigenvalue weighted by Crippen LogP contribution is -2.15. The number of aromatic hydroxyl groups is 1. The molecule has 0 saturated carbocycles. The lowest BCUT2D eigenvalue weighted by Gasteiger charge is -2.13. The first-order chi connectivity index (χ1) is 9.70. The molecule has 2 rings (SSSR count). The normalized spacial score (nSPS) is 11.4. The van der Waals surface area contributed by atoms with Crippen molar-refractivity contribution in [3.63, 3.8) is 0 Å². The molecular formula is C15H18N2O3S. The van der Waals surface area contributed by atoms with Crippen LogP contribution in [0.5, 0.6) is 5.75 Å². The molecule has 0 aromatic heterocycles. The van der Waals surface area contributed by atoms with Crippen LogP contribution < -0.4 is 10.5 Å². The van der Waals surface area contributed by atoms with Gasteiger partial charge < -0.3 is 10.8 Å². The Morgan fingerprint density at radius 3 is 2.33 bits per heavy atom. The van der Waals surface area contributed by atoms with E-state index in [0.29, 0.717) is 22.5 Å². The summed E-state index contributed by atoms with van der Waals surface area (Å²) in [4.78, 5) is 0.139. The first-order valence-electron chi connectivity index (χ1n) is 6.40. The Kier molecular flexibility index (Phi) is 3.82. The fourth-order valence-electron chi connectivity index (χ4n) is 2.02. The number of benzene rings is 2. The van der Waals surface area contributed by atoms with Crippen LogP contribution in [-0.4, -0.2) is 13.5 Å². The van der Waals surface area contributed by atoms with Gasteiger partial charge in [-0.3, -0.25) is 4.72 Å². The predicted octanol–water partition coefficient (Wildman–Crippen LogP) is 2.70. The van der Waals surface area contributed by atoms with Gasteiger partial charge in [0.15, 0.2) is 0 Å². The molecule has 0 fully saturated rings. The molecule has 6 heteroatoms. The van der Waals surface area contributed by atoms with Gasteiger partial charge in [0.25, 0.3) is 10.0 Å². The van der Waals surface area contributed by atoms with E-state index in [2.05, 4.69) is 4.72 Å². The number of hydrogen-bond donors (Lipinski definition) is 3. The summed E-state index contributed by atoms with van der Waals surface area (Å²) in [5, 5.41) is 9.66. The molecule has 0 aliphatic carbocycles. The Labute approximate surface area is 124 Å². The number of rotatable bonds is 3. The minimum absolute atomic E-state index is 0.0377. The van der Waals surface area contributed by atoms with E-state index in [0.717, 1.165) is 5.56 Å². The molecule has 0 atom stereocenters. The quantitative estimate of drug-likeness (QED) is 0.760. The van der Waals surface area contributed by atoms with Crippen molar-refractivity contribution in [1.29, 1.82) is 0 Å². The van der Waals surface area contributed by atoms with Gasteiger partial charge in [-0.2, -0.15) is 0 Å². The molecule has 0 unspecified atom stereocenters. The summed E-state index contributed by atoms with van der Waals surface area (Å²) in [6.07, 6.45) is 0. The number of sulfonamides is 1. The van der Waals surface area contributed by atoms with Crippen LogP contribution in [0.2, 0.25) is 0 Å². The monoisotopic (exact) mass is 306 g/mol. The fourth-order valence-corrected chi connectivity index (χ4v) is 3.42. The first kappa shape index (κ1) is 15.2. The number of nitrogens with two attached hydrogens (primary N) is 1. The average molecular weight is 306 g/mol. The maximum Gasteiger partial charge on any atom is 0.262 e. The van der Waals surface area contributed by atoms with Crippen LogP contribution in [0.3, 0.4) is 0 Å². The Morgan fingerprint density at radius 1 is 1.05 bits per heavy atom. The molecule has 0 radical (unpaired) electrons. The number of aryl methyl sites for hydroxylation is 2. The zero-order valence-corrected chi connectivity index (χ0v) is 13.0. The van der Waals surface area contributed by atoms with Gasteiger partial charge in [0, 0.05) is 11.8 Å². The van der Waals surface area contributed by atoms with Gasteiger partial charge in [0.2, 0.25) is 0 Å². The molecule has 2 aromatic carbocycles. The van der Waals surface area contributed by atoms with Crippen molar-refractivity contribution < 1.29 is 13.5 Å². The fraction of sp³-hybridized carbons (Fsp3) is 0.200. The molecule has 0 heterocycles. The number of nitrogens with one attached hydrogen (secondary N) is 1. The van der Waals surface area contributed by atoms with E-state index in [1.165, 1.54) is 12.1 Å². The molecule has 112 valence electrons. The molecule has 21 heavy (non-hydrogen) atoms. The SMILES string of the molecule is Cc1ccc(NS(=O)(=O)c2cc(N)cc(C)c2C)cc1O. The summed E-state index contributed by atoms with van der Waals surface area (Å²) >= 11 is 0. The second-order valence-electron chi connectivity index (χ2n) is 5.07. The van der Waals surface area contributed by atoms with E-state index in [1.54, 1.807) is 32.0 Å². The second-order valence-corrected chi connectivity index (χ2v) is 6.72. The van der Waals surface area contributed by atoms with E-state index >= 15 is 0 Å². The van der Waals surface area contributed by atoms with Crippen molar-refractivity contribution in [1.82, 2.24) is 0 Å². The first-order valence-corrected chi connectivity index (χ1v) is 7.88. The van der Waals surface area contributed by atoms with Crippen molar-refractivity contribution in [2.75, 3.05) is 10.5 Å². The van der Waals surface area contributed by atoms with Crippen LogP contribution >= 0.6 is 0 Å². The van der Waals surface area contributed by atoms with E-state index in [4.69, 9.17) is 5.73 Å². The summed E-state index contributed by atoms with van der Waals surface area (Å²) in [7, 11) is -3.76. The van der Waals surface area contributed by atoms with Crippen molar-refractivity contribution in [3.8, 4) is 5.75 Å². The van der Waals surface area contributed by atoms with Gasteiger partial charge in [-0.05, 0) is 55.7 Å². The van der Waals surface area contributed by atoms with E-state index < -0.39 is 10.0 Å². The molecule has 5 nitrogen and oxygen atoms in total. The Balaban J connectivity index is 2.45. The minimum Gasteiger partial charge on any atom is -0.508 e. The number of anilines is 2. The molecule has 0 amide bonds. The highest BCUT2D eigenvalue weighted by atomic mass is 32.2. The van der Waals surface area contributed by atoms with Gasteiger partial charge in [-0.15, -0.1) is 0 Å². The summed E-state index contributed by atoms with van der Waals surface area (Å²) < 4.78 is 27.4. The predicted molar refractivity (Wildman–Crippen MR) is 84.0 cm³/mol. The highest BCUT2D eigenvalue weighted by Gasteiger charge is 2.19. The number of nitrogen functional groups attached to an aromatic ring is 1. The summed E-state index contributed by atoms with van der Waals surface area (Å²) in [6.45, 7) is 5.28. The van der Waals surface area contributed by atoms with Crippen molar-refractivity contribution in [2.45, 2.75) is 25.7 Å². The Bertz CT molecular complexity index is 799. The largest absolute Gasteiger partial charge is 0.508 e. The maximum absolute atomic E-state index is 12.5. The maximum atomic E-state index is 12.5. The third kappa shape index (κ3) is 3.11. The summed E-state index contributed by atoms with van der Waals surface area (Å²) in [5.74, 6) is 0.0377. The number of phenolic OH excluding ortho intramolecular Hbond substituents is 1. The molecule has 0 bridgehead atoms. The van der Waals surface area contributed by atoms with Crippen LogP contribution in [-0.2, 0) is 10.0 Å². The van der Waals surface area contributed by atoms with Crippen molar-refractivity contribution in [3.05, 3.63) is 47.0 Å². The van der Waals surface area contributed by atoms with Crippen LogP contribution in [0, 0.1) is 20.8 Å². The zero-order chi connectivity index (χ0) is 15.8. The van der Waals surface area contributed by atoms with Crippen LogP contribution in [0.4, 0.5) is 11.4 Å². The summed E-state index contributed by atoms with van der Waals surface area (Å²) in [6, 6.07) is 7.78.